The number of hydrogen-bond donors (Lipinski definition) is 0. The van der Waals surface area contributed by atoms with Crippen LogP contribution in [0.1, 0.15) is 13.0 Å². The smallest absolute Gasteiger partial charge is 0.298 e. The van der Waals surface area contributed by atoms with Gasteiger partial charge >= 0.3 is 0 Å². The topological polar surface area (TPSA) is 80.3 Å². The van der Waals surface area contributed by atoms with E-state index in [-0.39, 0.29) is 11.9 Å². The highest BCUT2D eigenvalue weighted by Crippen LogP contribution is 2.23. The van der Waals surface area contributed by atoms with Crippen LogP contribution in [0.3, 0.4) is 0 Å². The third-order valence-electron chi connectivity index (χ3n) is 4.34. The highest BCUT2D eigenvalue weighted by Gasteiger charge is 2.27. The number of anilines is 1. The van der Waals surface area contributed by atoms with Crippen molar-refractivity contribution >= 4 is 23.0 Å². The van der Waals surface area contributed by atoms with Crippen molar-refractivity contribution in [3.05, 3.63) is 36.9 Å². The molecule has 2 aromatic heterocycles. The minimum Gasteiger partial charge on any atom is -0.423 e. The van der Waals surface area contributed by atoms with Gasteiger partial charge in [-0.05, 0) is 19.1 Å². The first kappa shape index (κ1) is 14.7. The van der Waals surface area contributed by atoms with Crippen LogP contribution < -0.4 is 4.90 Å². The molecule has 1 unspecified atom stereocenters. The maximum Gasteiger partial charge on any atom is 0.298 e. The van der Waals surface area contributed by atoms with Crippen molar-refractivity contribution in [3.63, 3.8) is 0 Å². The van der Waals surface area contributed by atoms with E-state index in [1.807, 2.05) is 36.1 Å². The van der Waals surface area contributed by atoms with Gasteiger partial charge in [0.1, 0.15) is 24.2 Å². The molecule has 3 aromatic rings. The van der Waals surface area contributed by atoms with Gasteiger partial charge in [-0.25, -0.2) is 9.67 Å². The van der Waals surface area contributed by atoms with Crippen LogP contribution in [-0.2, 0) is 4.79 Å². The number of hydrogen-bond acceptors (Lipinski definition) is 6. The average molecular weight is 326 g/mol. The first-order chi connectivity index (χ1) is 11.7. The van der Waals surface area contributed by atoms with E-state index >= 15 is 0 Å². The van der Waals surface area contributed by atoms with Gasteiger partial charge in [0, 0.05) is 26.2 Å². The molecular weight excluding hydrogens is 308 g/mol. The Balaban J connectivity index is 1.42. The van der Waals surface area contributed by atoms with Gasteiger partial charge in [-0.3, -0.25) is 4.79 Å². The quantitative estimate of drug-likeness (QED) is 0.722. The Kier molecular flexibility index (Phi) is 3.64. The van der Waals surface area contributed by atoms with Crippen molar-refractivity contribution in [2.45, 2.75) is 13.0 Å². The molecule has 1 aliphatic rings. The SMILES string of the molecule is CC(C(=O)N1CCN(c2nc3ccccc3o2)CC1)n1cncn1. The van der Waals surface area contributed by atoms with Gasteiger partial charge in [-0.2, -0.15) is 10.1 Å². The van der Waals surface area contributed by atoms with Crippen LogP contribution in [0.25, 0.3) is 11.1 Å². The molecule has 0 bridgehead atoms. The van der Waals surface area contributed by atoms with Crippen LogP contribution in [0.5, 0.6) is 0 Å². The fourth-order valence-electron chi connectivity index (χ4n) is 2.91. The zero-order chi connectivity index (χ0) is 16.5. The highest BCUT2D eigenvalue weighted by atomic mass is 16.4. The second-order valence-corrected chi connectivity index (χ2v) is 5.83. The molecule has 0 aliphatic carbocycles. The van der Waals surface area contributed by atoms with Gasteiger partial charge in [-0.15, -0.1) is 0 Å². The molecule has 124 valence electrons. The first-order valence-corrected chi connectivity index (χ1v) is 7.96. The Hall–Kier alpha value is -2.90. The Morgan fingerprint density at radius 1 is 1.21 bits per heavy atom. The minimum atomic E-state index is -0.344. The standard InChI is InChI=1S/C16H18N6O2/c1-12(22-11-17-10-18-22)15(23)20-6-8-21(9-7-20)16-19-13-4-2-3-5-14(13)24-16/h2-5,10-12H,6-9H2,1H3. The highest BCUT2D eigenvalue weighted by molar-refractivity contribution is 5.80. The molecular formula is C16H18N6O2. The Labute approximate surface area is 138 Å². The number of fused-ring (bicyclic) bond motifs is 1. The Bertz CT molecular complexity index is 802. The van der Waals surface area contributed by atoms with Crippen LogP contribution in [0, 0.1) is 0 Å². The van der Waals surface area contributed by atoms with Crippen molar-refractivity contribution < 1.29 is 9.21 Å². The lowest BCUT2D eigenvalue weighted by molar-refractivity contribution is -0.134. The lowest BCUT2D eigenvalue weighted by Gasteiger charge is -2.35. The van der Waals surface area contributed by atoms with E-state index in [4.69, 9.17) is 4.42 Å². The molecule has 0 saturated carbocycles. The van der Waals surface area contributed by atoms with E-state index in [0.717, 1.165) is 11.1 Å². The fourth-order valence-corrected chi connectivity index (χ4v) is 2.91. The molecule has 1 fully saturated rings. The van der Waals surface area contributed by atoms with Crippen LogP contribution in [-0.4, -0.2) is 56.7 Å². The zero-order valence-electron chi connectivity index (χ0n) is 13.4. The number of piperazine rings is 1. The molecule has 24 heavy (non-hydrogen) atoms. The largest absolute Gasteiger partial charge is 0.423 e. The number of para-hydroxylation sites is 2. The summed E-state index contributed by atoms with van der Waals surface area (Å²) in [6.07, 6.45) is 3.01. The van der Waals surface area contributed by atoms with E-state index in [9.17, 15) is 4.79 Å². The molecule has 0 spiro atoms. The maximum atomic E-state index is 12.6. The van der Waals surface area contributed by atoms with Crippen LogP contribution in [0.15, 0.2) is 41.3 Å². The summed E-state index contributed by atoms with van der Waals surface area (Å²) in [7, 11) is 0. The molecule has 0 N–H and O–H groups in total. The molecule has 1 amide bonds. The van der Waals surface area contributed by atoms with E-state index in [2.05, 4.69) is 20.0 Å². The number of amides is 1. The van der Waals surface area contributed by atoms with Crippen LogP contribution >= 0.6 is 0 Å². The fraction of sp³-hybridized carbons (Fsp3) is 0.375. The van der Waals surface area contributed by atoms with Crippen molar-refractivity contribution in [2.24, 2.45) is 0 Å². The zero-order valence-corrected chi connectivity index (χ0v) is 13.4. The van der Waals surface area contributed by atoms with Gasteiger partial charge in [0.15, 0.2) is 5.58 Å². The van der Waals surface area contributed by atoms with Crippen LogP contribution in [0.2, 0.25) is 0 Å². The average Bonchev–Trinajstić information content (AvgIpc) is 3.30. The van der Waals surface area contributed by atoms with Crippen LogP contribution in [0.4, 0.5) is 6.01 Å². The van der Waals surface area contributed by atoms with E-state index < -0.39 is 0 Å². The number of rotatable bonds is 3. The Morgan fingerprint density at radius 3 is 2.71 bits per heavy atom. The molecule has 8 nitrogen and oxygen atoms in total. The summed E-state index contributed by atoms with van der Waals surface area (Å²) in [5.41, 5.74) is 1.64. The van der Waals surface area contributed by atoms with Gasteiger partial charge in [0.05, 0.1) is 0 Å². The monoisotopic (exact) mass is 326 g/mol. The van der Waals surface area contributed by atoms with E-state index in [1.54, 1.807) is 11.0 Å². The summed E-state index contributed by atoms with van der Waals surface area (Å²) >= 11 is 0. The van der Waals surface area contributed by atoms with Crippen molar-refractivity contribution in [1.29, 1.82) is 0 Å². The van der Waals surface area contributed by atoms with E-state index in [0.29, 0.717) is 32.2 Å². The lowest BCUT2D eigenvalue weighted by atomic mass is 10.2. The molecule has 1 aliphatic heterocycles. The second-order valence-electron chi connectivity index (χ2n) is 5.83. The minimum absolute atomic E-state index is 0.0534. The van der Waals surface area contributed by atoms with Crippen molar-refractivity contribution in [2.75, 3.05) is 31.1 Å². The summed E-state index contributed by atoms with van der Waals surface area (Å²) in [5, 5.41) is 4.04. The number of oxazole rings is 1. The molecule has 4 rings (SSSR count). The van der Waals surface area contributed by atoms with Crippen molar-refractivity contribution in [3.8, 4) is 0 Å². The predicted molar refractivity (Wildman–Crippen MR) is 87.5 cm³/mol. The molecule has 1 saturated heterocycles. The Morgan fingerprint density at radius 2 is 2.00 bits per heavy atom. The van der Waals surface area contributed by atoms with Gasteiger partial charge < -0.3 is 14.2 Å². The molecule has 1 atom stereocenters. The first-order valence-electron chi connectivity index (χ1n) is 7.96. The molecule has 8 heteroatoms. The molecule has 1 aromatic carbocycles. The summed E-state index contributed by atoms with van der Waals surface area (Å²) < 4.78 is 7.38. The van der Waals surface area contributed by atoms with E-state index in [1.165, 1.54) is 6.33 Å². The summed E-state index contributed by atoms with van der Waals surface area (Å²) in [5.74, 6) is 0.0534. The third kappa shape index (κ3) is 2.60. The van der Waals surface area contributed by atoms with Gasteiger partial charge in [0.2, 0.25) is 5.91 Å². The number of nitrogens with zero attached hydrogens (tertiary/aromatic N) is 6. The van der Waals surface area contributed by atoms with Gasteiger partial charge in [-0.1, -0.05) is 12.1 Å². The summed E-state index contributed by atoms with van der Waals surface area (Å²) in [6, 6.07) is 7.99. The molecule has 3 heterocycles. The van der Waals surface area contributed by atoms with Gasteiger partial charge in [0.25, 0.3) is 6.01 Å². The number of aromatic nitrogens is 4. The number of carbonyl (C=O) groups excluding carboxylic acids is 1. The number of benzene rings is 1. The predicted octanol–water partition coefficient (Wildman–Crippen LogP) is 1.33. The summed E-state index contributed by atoms with van der Waals surface area (Å²) in [6.45, 7) is 4.50. The second kappa shape index (κ2) is 5.95. The van der Waals surface area contributed by atoms with Crippen molar-refractivity contribution in [1.82, 2.24) is 24.6 Å². The summed E-state index contributed by atoms with van der Waals surface area (Å²) in [4.78, 5) is 24.9. The molecule has 0 radical (unpaired) electrons. The normalized spacial score (nSPS) is 16.5. The number of carbonyl (C=O) groups is 1. The third-order valence-corrected chi connectivity index (χ3v) is 4.34. The lowest BCUT2D eigenvalue weighted by Crippen LogP contribution is -2.50. The maximum absolute atomic E-state index is 12.6.